The predicted octanol–water partition coefficient (Wildman–Crippen LogP) is 1.69. The Labute approximate surface area is 102 Å². The summed E-state index contributed by atoms with van der Waals surface area (Å²) in [6, 6.07) is 0. The van der Waals surface area contributed by atoms with Gasteiger partial charge in [-0.1, -0.05) is 12.2 Å². The number of halogens is 3. The molecule has 1 rings (SSSR count). The third kappa shape index (κ3) is 3.58. The molecule has 2 N–H and O–H groups in total. The van der Waals surface area contributed by atoms with Crippen LogP contribution in [0.4, 0.5) is 13.2 Å². The molecule has 0 aliphatic rings. The van der Waals surface area contributed by atoms with E-state index in [2.05, 4.69) is 5.10 Å². The monoisotopic (exact) mass is 267 g/mol. The van der Waals surface area contributed by atoms with E-state index >= 15 is 0 Å². The van der Waals surface area contributed by atoms with Crippen LogP contribution in [0.15, 0.2) is 0 Å². The molecule has 0 amide bonds. The summed E-state index contributed by atoms with van der Waals surface area (Å²) < 4.78 is 42.3. The van der Waals surface area contributed by atoms with E-state index in [9.17, 15) is 13.2 Å². The summed E-state index contributed by atoms with van der Waals surface area (Å²) in [7, 11) is 1.55. The molecule has 1 aromatic rings. The second kappa shape index (κ2) is 4.91. The maximum atomic E-state index is 12.0. The maximum absolute atomic E-state index is 12.0. The fourth-order valence-electron chi connectivity index (χ4n) is 1.35. The molecule has 8 heteroatoms. The molecule has 0 atom stereocenters. The number of nitrogens with zero attached hydrogens (tertiary/aromatic N) is 2. The second-order valence-electron chi connectivity index (χ2n) is 3.47. The van der Waals surface area contributed by atoms with Gasteiger partial charge in [0.05, 0.1) is 24.3 Å². The van der Waals surface area contributed by atoms with Crippen molar-refractivity contribution in [3.05, 3.63) is 11.3 Å². The van der Waals surface area contributed by atoms with Gasteiger partial charge in [-0.2, -0.15) is 18.3 Å². The molecule has 0 aromatic carbocycles. The summed E-state index contributed by atoms with van der Waals surface area (Å²) in [5.41, 5.74) is 6.37. The molecule has 0 fully saturated rings. The van der Waals surface area contributed by atoms with Gasteiger partial charge in [0.1, 0.15) is 4.99 Å². The van der Waals surface area contributed by atoms with Crippen LogP contribution in [-0.2, 0) is 7.05 Å². The Morgan fingerprint density at radius 3 is 2.59 bits per heavy atom. The van der Waals surface area contributed by atoms with Gasteiger partial charge in [0.2, 0.25) is 5.88 Å². The Bertz CT molecular complexity index is 428. The highest BCUT2D eigenvalue weighted by atomic mass is 32.1. The van der Waals surface area contributed by atoms with Gasteiger partial charge in [-0.15, -0.1) is 0 Å². The van der Waals surface area contributed by atoms with E-state index in [0.717, 1.165) is 0 Å². The number of hydrogen-bond acceptors (Lipinski definition) is 3. The first-order valence-electron chi connectivity index (χ1n) is 4.75. The van der Waals surface area contributed by atoms with Crippen molar-refractivity contribution in [1.82, 2.24) is 9.78 Å². The second-order valence-corrected chi connectivity index (χ2v) is 3.91. The van der Waals surface area contributed by atoms with Crippen molar-refractivity contribution in [3.8, 4) is 5.88 Å². The number of alkyl halides is 3. The Morgan fingerprint density at radius 1 is 1.53 bits per heavy atom. The van der Waals surface area contributed by atoms with Crippen molar-refractivity contribution in [2.24, 2.45) is 12.8 Å². The third-order valence-electron chi connectivity index (χ3n) is 2.04. The zero-order valence-corrected chi connectivity index (χ0v) is 10.2. The topological polar surface area (TPSA) is 53.1 Å². The SMILES string of the molecule is Cc1nn(C)c(OCCC(F)(F)F)c1C(N)=S. The summed E-state index contributed by atoms with van der Waals surface area (Å²) in [5, 5.41) is 3.99. The van der Waals surface area contributed by atoms with Crippen LogP contribution < -0.4 is 10.5 Å². The Balaban J connectivity index is 2.80. The van der Waals surface area contributed by atoms with E-state index in [1.165, 1.54) is 4.68 Å². The van der Waals surface area contributed by atoms with E-state index in [-0.39, 0.29) is 10.9 Å². The fourth-order valence-corrected chi connectivity index (χ4v) is 1.58. The Hall–Kier alpha value is -1.31. The minimum Gasteiger partial charge on any atom is -0.477 e. The van der Waals surface area contributed by atoms with Gasteiger partial charge in [-0.3, -0.25) is 0 Å². The average molecular weight is 267 g/mol. The van der Waals surface area contributed by atoms with Crippen molar-refractivity contribution < 1.29 is 17.9 Å². The third-order valence-corrected chi connectivity index (χ3v) is 2.24. The van der Waals surface area contributed by atoms with Crippen molar-refractivity contribution in [2.75, 3.05) is 6.61 Å². The molecule has 0 saturated carbocycles. The van der Waals surface area contributed by atoms with Crippen molar-refractivity contribution in [1.29, 1.82) is 0 Å². The smallest absolute Gasteiger partial charge is 0.392 e. The predicted molar refractivity (Wildman–Crippen MR) is 60.0 cm³/mol. The van der Waals surface area contributed by atoms with Crippen LogP contribution in [-0.4, -0.2) is 27.6 Å². The summed E-state index contributed by atoms with van der Waals surface area (Å²) >= 11 is 4.80. The number of aryl methyl sites for hydroxylation is 2. The van der Waals surface area contributed by atoms with Crippen LogP contribution >= 0.6 is 12.2 Å². The Kier molecular flexibility index (Phi) is 3.97. The minimum atomic E-state index is -4.25. The number of rotatable bonds is 4. The van der Waals surface area contributed by atoms with Crippen LogP contribution in [0.2, 0.25) is 0 Å². The highest BCUT2D eigenvalue weighted by molar-refractivity contribution is 7.80. The highest BCUT2D eigenvalue weighted by Crippen LogP contribution is 2.24. The van der Waals surface area contributed by atoms with Crippen LogP contribution in [0.5, 0.6) is 5.88 Å². The lowest BCUT2D eigenvalue weighted by molar-refractivity contribution is -0.139. The molecule has 17 heavy (non-hydrogen) atoms. The molecule has 0 saturated heterocycles. The van der Waals surface area contributed by atoms with E-state index in [1.54, 1.807) is 14.0 Å². The maximum Gasteiger partial charge on any atom is 0.392 e. The van der Waals surface area contributed by atoms with Gasteiger partial charge >= 0.3 is 6.18 Å². The number of ether oxygens (including phenoxy) is 1. The van der Waals surface area contributed by atoms with Crippen LogP contribution in [0.25, 0.3) is 0 Å². The summed E-state index contributed by atoms with van der Waals surface area (Å²) in [4.78, 5) is 0.0533. The molecule has 0 aliphatic heterocycles. The van der Waals surface area contributed by atoms with Crippen molar-refractivity contribution in [2.45, 2.75) is 19.5 Å². The van der Waals surface area contributed by atoms with Gasteiger partial charge in [-0.05, 0) is 6.92 Å². The van der Waals surface area contributed by atoms with Gasteiger partial charge in [0, 0.05) is 7.05 Å². The standard InChI is InChI=1S/C9H12F3N3OS/c1-5-6(7(13)17)8(15(2)14-5)16-4-3-9(10,11)12/h3-4H2,1-2H3,(H2,13,17). The van der Waals surface area contributed by atoms with Crippen LogP contribution in [0.3, 0.4) is 0 Å². The lowest BCUT2D eigenvalue weighted by Crippen LogP contribution is -2.16. The van der Waals surface area contributed by atoms with Gasteiger partial charge in [-0.25, -0.2) is 4.68 Å². The summed E-state index contributed by atoms with van der Waals surface area (Å²) in [5.74, 6) is 0.166. The van der Waals surface area contributed by atoms with Gasteiger partial charge in [0.15, 0.2) is 0 Å². The molecule has 4 nitrogen and oxygen atoms in total. The lowest BCUT2D eigenvalue weighted by atomic mass is 10.2. The summed E-state index contributed by atoms with van der Waals surface area (Å²) in [6.07, 6.45) is -5.29. The molecule has 1 heterocycles. The lowest BCUT2D eigenvalue weighted by Gasteiger charge is -2.10. The van der Waals surface area contributed by atoms with E-state index in [4.69, 9.17) is 22.7 Å². The quantitative estimate of drug-likeness (QED) is 0.844. The fraction of sp³-hybridized carbons (Fsp3) is 0.556. The first-order chi connectivity index (χ1) is 7.72. The normalized spacial score (nSPS) is 11.6. The van der Waals surface area contributed by atoms with Crippen molar-refractivity contribution in [3.63, 3.8) is 0 Å². The minimum absolute atomic E-state index is 0.0533. The molecule has 1 aromatic heterocycles. The molecule has 0 aliphatic carbocycles. The van der Waals surface area contributed by atoms with Crippen molar-refractivity contribution >= 4 is 17.2 Å². The number of thiocarbonyl (C=S) groups is 1. The largest absolute Gasteiger partial charge is 0.477 e. The van der Waals surface area contributed by atoms with Crippen LogP contribution in [0.1, 0.15) is 17.7 Å². The molecule has 0 bridgehead atoms. The van der Waals surface area contributed by atoms with E-state index < -0.39 is 19.2 Å². The zero-order valence-electron chi connectivity index (χ0n) is 9.34. The molecular formula is C9H12F3N3OS. The number of hydrogen-bond donors (Lipinski definition) is 1. The molecular weight excluding hydrogens is 255 g/mol. The molecule has 0 unspecified atom stereocenters. The molecule has 0 radical (unpaired) electrons. The molecule has 96 valence electrons. The summed E-state index contributed by atoms with van der Waals surface area (Å²) in [6.45, 7) is 1.17. The average Bonchev–Trinajstić information content (AvgIpc) is 2.39. The zero-order chi connectivity index (χ0) is 13.2. The van der Waals surface area contributed by atoms with E-state index in [1.807, 2.05) is 0 Å². The highest BCUT2D eigenvalue weighted by Gasteiger charge is 2.27. The first kappa shape index (κ1) is 13.8. The molecule has 0 spiro atoms. The number of nitrogens with two attached hydrogens (primary N) is 1. The van der Waals surface area contributed by atoms with Gasteiger partial charge < -0.3 is 10.5 Å². The first-order valence-corrected chi connectivity index (χ1v) is 5.16. The van der Waals surface area contributed by atoms with Crippen LogP contribution in [0, 0.1) is 6.92 Å². The Morgan fingerprint density at radius 2 is 2.12 bits per heavy atom. The van der Waals surface area contributed by atoms with Gasteiger partial charge in [0.25, 0.3) is 0 Å². The number of aromatic nitrogens is 2. The van der Waals surface area contributed by atoms with E-state index in [0.29, 0.717) is 11.3 Å².